The smallest absolute Gasteiger partial charge is 0.378 e. The van der Waals surface area contributed by atoms with E-state index in [2.05, 4.69) is 15.3 Å². The molecule has 11 heteroatoms. The first-order chi connectivity index (χ1) is 14.5. The summed E-state index contributed by atoms with van der Waals surface area (Å²) in [4.78, 5) is 22.8. The predicted octanol–water partition coefficient (Wildman–Crippen LogP) is 5.15. The molecule has 0 aliphatic heterocycles. The van der Waals surface area contributed by atoms with E-state index in [4.69, 9.17) is 0 Å². The van der Waals surface area contributed by atoms with Crippen LogP contribution in [-0.2, 0) is 6.18 Å². The van der Waals surface area contributed by atoms with Gasteiger partial charge in [0, 0.05) is 32.9 Å². The summed E-state index contributed by atoms with van der Waals surface area (Å²) in [6.45, 7) is 6.38. The first-order valence-electron chi connectivity index (χ1n) is 9.93. The fraction of sp³-hybridized carbons (Fsp3) is 0.500. The van der Waals surface area contributed by atoms with Gasteiger partial charge in [-0.05, 0) is 38.5 Å². The monoisotopic (exact) mass is 440 g/mol. The molecule has 0 atom stereocenters. The number of anilines is 4. The minimum absolute atomic E-state index is 0.0921. The van der Waals surface area contributed by atoms with Gasteiger partial charge in [0.1, 0.15) is 5.82 Å². The molecule has 8 nitrogen and oxygen atoms in total. The Morgan fingerprint density at radius 1 is 1.19 bits per heavy atom. The third-order valence-electron chi connectivity index (χ3n) is 4.70. The Morgan fingerprint density at radius 3 is 2.39 bits per heavy atom. The largest absolute Gasteiger partial charge is 0.418 e. The Morgan fingerprint density at radius 2 is 1.87 bits per heavy atom. The van der Waals surface area contributed by atoms with E-state index in [1.165, 1.54) is 12.1 Å². The maximum absolute atomic E-state index is 13.7. The second-order valence-corrected chi connectivity index (χ2v) is 7.23. The zero-order valence-electron chi connectivity index (χ0n) is 18.2. The molecular weight excluding hydrogens is 413 g/mol. The Bertz CT molecular complexity index is 934. The number of aromatic nitrogens is 2. The summed E-state index contributed by atoms with van der Waals surface area (Å²) < 4.78 is 41.1. The molecule has 170 valence electrons. The van der Waals surface area contributed by atoms with Crippen LogP contribution in [0.1, 0.15) is 38.1 Å². The lowest BCUT2D eigenvalue weighted by atomic mass is 10.1. The molecule has 0 fully saturated rings. The molecule has 0 amide bonds. The Hall–Kier alpha value is -3.11. The van der Waals surface area contributed by atoms with Crippen molar-refractivity contribution < 1.29 is 18.1 Å². The van der Waals surface area contributed by atoms with Crippen LogP contribution in [0.4, 0.5) is 41.9 Å². The highest BCUT2D eigenvalue weighted by Crippen LogP contribution is 2.40. The number of unbranched alkanes of at least 4 members (excludes halogenated alkanes) is 1. The molecule has 0 bridgehead atoms. The molecule has 31 heavy (non-hydrogen) atoms. The average molecular weight is 440 g/mol. The van der Waals surface area contributed by atoms with E-state index in [-0.39, 0.29) is 23.1 Å². The molecule has 1 aromatic carbocycles. The summed E-state index contributed by atoms with van der Waals surface area (Å²) in [6, 6.07) is 3.73. The third kappa shape index (κ3) is 5.74. The van der Waals surface area contributed by atoms with Gasteiger partial charge >= 0.3 is 11.9 Å². The quantitative estimate of drug-likeness (QED) is 0.426. The Balaban J connectivity index is 2.63. The van der Waals surface area contributed by atoms with Gasteiger partial charge in [0.2, 0.25) is 11.6 Å². The summed E-state index contributed by atoms with van der Waals surface area (Å²) in [5.74, 6) is 0.0384. The van der Waals surface area contributed by atoms with Crippen LogP contribution in [0.25, 0.3) is 0 Å². The molecule has 2 aromatic rings. The van der Waals surface area contributed by atoms with Crippen LogP contribution in [0.5, 0.6) is 0 Å². The summed E-state index contributed by atoms with van der Waals surface area (Å²) in [5.41, 5.74) is -1.36. The number of halogens is 3. The van der Waals surface area contributed by atoms with Crippen molar-refractivity contribution in [1.82, 2.24) is 9.97 Å². The lowest BCUT2D eigenvalue weighted by molar-refractivity contribution is -0.383. The van der Waals surface area contributed by atoms with Crippen molar-refractivity contribution in [2.45, 2.75) is 39.8 Å². The van der Waals surface area contributed by atoms with Crippen LogP contribution in [0.2, 0.25) is 0 Å². The molecule has 0 spiro atoms. The number of nitrogens with zero attached hydrogens (tertiary/aromatic N) is 5. The number of alkyl halides is 3. The molecule has 2 rings (SSSR count). The highest BCUT2D eigenvalue weighted by molar-refractivity contribution is 5.77. The van der Waals surface area contributed by atoms with E-state index in [0.29, 0.717) is 18.8 Å². The summed E-state index contributed by atoms with van der Waals surface area (Å²) >= 11 is 0. The lowest BCUT2D eigenvalue weighted by Crippen LogP contribution is -2.26. The SMILES string of the molecule is CCCCN(CC)c1nc(C)nc(Nc2ccc(N(C)C)cc2C(F)(F)F)c1[N+](=O)[O-]. The maximum atomic E-state index is 13.7. The van der Waals surface area contributed by atoms with Crippen molar-refractivity contribution in [1.29, 1.82) is 0 Å². The van der Waals surface area contributed by atoms with Gasteiger partial charge in [-0.2, -0.15) is 13.2 Å². The van der Waals surface area contributed by atoms with Gasteiger partial charge in [-0.3, -0.25) is 10.1 Å². The fourth-order valence-electron chi connectivity index (χ4n) is 3.07. The van der Waals surface area contributed by atoms with Gasteiger partial charge in [-0.15, -0.1) is 0 Å². The zero-order valence-corrected chi connectivity index (χ0v) is 18.2. The number of aryl methyl sites for hydroxylation is 1. The van der Waals surface area contributed by atoms with Crippen molar-refractivity contribution >= 4 is 28.7 Å². The van der Waals surface area contributed by atoms with Gasteiger partial charge in [0.25, 0.3) is 0 Å². The minimum Gasteiger partial charge on any atom is -0.378 e. The molecule has 1 aromatic heterocycles. The van der Waals surface area contributed by atoms with Gasteiger partial charge in [-0.25, -0.2) is 9.97 Å². The number of hydrogen-bond acceptors (Lipinski definition) is 7. The maximum Gasteiger partial charge on any atom is 0.418 e. The minimum atomic E-state index is -4.66. The van der Waals surface area contributed by atoms with Crippen molar-refractivity contribution in [2.75, 3.05) is 42.3 Å². The summed E-state index contributed by atoms with van der Waals surface area (Å²) in [7, 11) is 3.26. The molecule has 1 heterocycles. The lowest BCUT2D eigenvalue weighted by Gasteiger charge is -2.23. The standard InChI is InChI=1S/C20H27F3N6O2/c1-6-8-11-28(7-2)19-17(29(30)31)18(24-13(3)25-19)26-16-10-9-14(27(4)5)12-15(16)20(21,22)23/h9-10,12H,6-8,11H2,1-5H3,(H,24,25,26). The summed E-state index contributed by atoms with van der Waals surface area (Å²) in [5, 5.41) is 14.4. The second kappa shape index (κ2) is 9.80. The van der Waals surface area contributed by atoms with Gasteiger partial charge in [0.15, 0.2) is 0 Å². The predicted molar refractivity (Wildman–Crippen MR) is 115 cm³/mol. The number of nitrogens with one attached hydrogen (secondary N) is 1. The van der Waals surface area contributed by atoms with E-state index in [1.807, 2.05) is 13.8 Å². The van der Waals surface area contributed by atoms with Crippen LogP contribution in [0.15, 0.2) is 18.2 Å². The topological polar surface area (TPSA) is 87.4 Å². The van der Waals surface area contributed by atoms with E-state index in [1.54, 1.807) is 30.8 Å². The molecule has 0 aliphatic carbocycles. The van der Waals surface area contributed by atoms with Crippen molar-refractivity contribution in [3.63, 3.8) is 0 Å². The van der Waals surface area contributed by atoms with Crippen molar-refractivity contribution in [3.05, 3.63) is 39.7 Å². The van der Waals surface area contributed by atoms with E-state index in [0.717, 1.165) is 18.9 Å². The van der Waals surface area contributed by atoms with Gasteiger partial charge in [-0.1, -0.05) is 13.3 Å². The van der Waals surface area contributed by atoms with Gasteiger partial charge in [0.05, 0.1) is 16.2 Å². The van der Waals surface area contributed by atoms with E-state index < -0.39 is 22.4 Å². The normalized spacial score (nSPS) is 11.4. The van der Waals surface area contributed by atoms with Crippen LogP contribution in [0, 0.1) is 17.0 Å². The average Bonchev–Trinajstić information content (AvgIpc) is 2.67. The number of rotatable bonds is 9. The van der Waals surface area contributed by atoms with Crippen LogP contribution in [-0.4, -0.2) is 42.1 Å². The number of nitro groups is 1. The first kappa shape index (κ1) is 24.2. The van der Waals surface area contributed by atoms with Crippen molar-refractivity contribution in [2.24, 2.45) is 0 Å². The third-order valence-corrected chi connectivity index (χ3v) is 4.70. The van der Waals surface area contributed by atoms with Crippen LogP contribution in [0.3, 0.4) is 0 Å². The second-order valence-electron chi connectivity index (χ2n) is 7.23. The highest BCUT2D eigenvalue weighted by atomic mass is 19.4. The number of hydrogen-bond donors (Lipinski definition) is 1. The van der Waals surface area contributed by atoms with Crippen LogP contribution >= 0.6 is 0 Å². The summed E-state index contributed by atoms with van der Waals surface area (Å²) in [6.07, 6.45) is -2.99. The van der Waals surface area contributed by atoms with E-state index in [9.17, 15) is 23.3 Å². The van der Waals surface area contributed by atoms with E-state index >= 15 is 0 Å². The number of benzene rings is 1. The Kier molecular flexibility index (Phi) is 7.64. The molecule has 0 saturated heterocycles. The fourth-order valence-corrected chi connectivity index (χ4v) is 3.07. The molecular formula is C20H27F3N6O2. The molecule has 1 N–H and O–H groups in total. The Labute approximate surface area is 179 Å². The first-order valence-corrected chi connectivity index (χ1v) is 9.93. The van der Waals surface area contributed by atoms with Crippen LogP contribution < -0.4 is 15.1 Å². The molecule has 0 unspecified atom stereocenters. The zero-order chi connectivity index (χ0) is 23.3. The highest BCUT2D eigenvalue weighted by Gasteiger charge is 2.35. The van der Waals surface area contributed by atoms with Gasteiger partial charge < -0.3 is 15.1 Å². The molecule has 0 radical (unpaired) electrons. The molecule has 0 aliphatic rings. The van der Waals surface area contributed by atoms with Crippen molar-refractivity contribution in [3.8, 4) is 0 Å². The molecule has 0 saturated carbocycles.